The number of piperidine rings is 1. The highest BCUT2D eigenvalue weighted by atomic mass is 15.1. The molecule has 1 saturated heterocycles. The molecule has 0 radical (unpaired) electrons. The first kappa shape index (κ1) is 12.2. The Balaban J connectivity index is 1.61. The molecule has 2 heteroatoms. The summed E-state index contributed by atoms with van der Waals surface area (Å²) < 4.78 is 0. The fraction of sp³-hybridized carbons (Fsp3) is 0.500. The van der Waals surface area contributed by atoms with E-state index in [0.29, 0.717) is 5.41 Å². The molecule has 0 amide bonds. The van der Waals surface area contributed by atoms with Crippen LogP contribution in [-0.4, -0.2) is 18.1 Å². The number of pyridine rings is 1. The van der Waals surface area contributed by atoms with Crippen molar-refractivity contribution in [2.75, 3.05) is 18.0 Å². The van der Waals surface area contributed by atoms with Crippen LogP contribution < -0.4 is 4.90 Å². The minimum Gasteiger partial charge on any atom is -0.370 e. The second-order valence-electron chi connectivity index (χ2n) is 6.57. The van der Waals surface area contributed by atoms with E-state index in [4.69, 9.17) is 0 Å². The van der Waals surface area contributed by atoms with Gasteiger partial charge in [-0.1, -0.05) is 37.1 Å². The zero-order valence-electron chi connectivity index (χ0n) is 12.0. The summed E-state index contributed by atoms with van der Waals surface area (Å²) in [7, 11) is 0. The minimum atomic E-state index is 0.689. The molecule has 1 aliphatic carbocycles. The average Bonchev–Trinajstić information content (AvgIpc) is 2.96. The van der Waals surface area contributed by atoms with Gasteiger partial charge in [-0.25, -0.2) is 0 Å². The van der Waals surface area contributed by atoms with E-state index >= 15 is 0 Å². The van der Waals surface area contributed by atoms with E-state index in [1.807, 2.05) is 6.20 Å². The summed E-state index contributed by atoms with van der Waals surface area (Å²) >= 11 is 0. The van der Waals surface area contributed by atoms with Gasteiger partial charge in [0.15, 0.2) is 0 Å². The molecule has 2 nitrogen and oxygen atoms in total. The molecule has 2 heterocycles. The van der Waals surface area contributed by atoms with E-state index in [0.717, 1.165) is 0 Å². The summed E-state index contributed by atoms with van der Waals surface area (Å²) in [5.74, 6) is 0. The van der Waals surface area contributed by atoms with Crippen LogP contribution in [0.5, 0.6) is 0 Å². The fourth-order valence-electron chi connectivity index (χ4n) is 4.20. The molecule has 0 atom stereocenters. The number of benzene rings is 1. The Labute approximate surface area is 120 Å². The molecule has 1 aromatic carbocycles. The summed E-state index contributed by atoms with van der Waals surface area (Å²) in [6, 6.07) is 8.62. The predicted octanol–water partition coefficient (Wildman–Crippen LogP) is 4.40. The third-order valence-electron chi connectivity index (χ3n) is 5.48. The lowest BCUT2D eigenvalue weighted by atomic mass is 9.77. The van der Waals surface area contributed by atoms with E-state index in [9.17, 15) is 0 Å². The van der Waals surface area contributed by atoms with E-state index in [1.165, 1.54) is 68.1 Å². The zero-order chi connectivity index (χ0) is 13.4. The SMILES string of the molecule is c1ccc2c(N3CCC4(CCCC4)CC3)cncc2c1. The van der Waals surface area contributed by atoms with Crippen molar-refractivity contribution >= 4 is 16.5 Å². The Morgan fingerprint density at radius 3 is 2.45 bits per heavy atom. The van der Waals surface area contributed by atoms with Crippen molar-refractivity contribution in [1.29, 1.82) is 0 Å². The second kappa shape index (κ2) is 4.76. The largest absolute Gasteiger partial charge is 0.370 e. The van der Waals surface area contributed by atoms with Crippen LogP contribution in [0.3, 0.4) is 0 Å². The zero-order valence-corrected chi connectivity index (χ0v) is 12.0. The van der Waals surface area contributed by atoms with Crippen LogP contribution >= 0.6 is 0 Å². The molecule has 0 unspecified atom stereocenters. The number of aromatic nitrogens is 1. The van der Waals surface area contributed by atoms with Crippen molar-refractivity contribution in [3.8, 4) is 0 Å². The maximum Gasteiger partial charge on any atom is 0.0632 e. The molecule has 0 N–H and O–H groups in total. The van der Waals surface area contributed by atoms with E-state index < -0.39 is 0 Å². The Hall–Kier alpha value is -1.57. The number of fused-ring (bicyclic) bond motifs is 1. The highest BCUT2D eigenvalue weighted by Gasteiger charge is 2.37. The smallest absolute Gasteiger partial charge is 0.0632 e. The van der Waals surface area contributed by atoms with Crippen molar-refractivity contribution in [3.63, 3.8) is 0 Å². The molecule has 20 heavy (non-hydrogen) atoms. The standard InChI is InChI=1S/C18H22N2/c1-2-6-16-15(5-1)13-19-14-17(16)20-11-9-18(10-12-20)7-3-4-8-18/h1-2,5-6,13-14H,3-4,7-12H2. The average molecular weight is 266 g/mol. The quantitative estimate of drug-likeness (QED) is 0.760. The number of rotatable bonds is 1. The molecule has 0 bridgehead atoms. The van der Waals surface area contributed by atoms with Crippen molar-refractivity contribution in [3.05, 3.63) is 36.7 Å². The molecule has 2 fully saturated rings. The number of anilines is 1. The lowest BCUT2D eigenvalue weighted by Crippen LogP contribution is -2.39. The third-order valence-corrected chi connectivity index (χ3v) is 5.48. The molecule has 2 aromatic rings. The van der Waals surface area contributed by atoms with Gasteiger partial charge in [-0.05, 0) is 31.1 Å². The highest BCUT2D eigenvalue weighted by Crippen LogP contribution is 2.47. The van der Waals surface area contributed by atoms with Gasteiger partial charge in [0.05, 0.1) is 11.9 Å². The molecule has 1 saturated carbocycles. The Bertz CT molecular complexity index is 598. The highest BCUT2D eigenvalue weighted by molar-refractivity contribution is 5.93. The van der Waals surface area contributed by atoms with Gasteiger partial charge >= 0.3 is 0 Å². The topological polar surface area (TPSA) is 16.1 Å². The van der Waals surface area contributed by atoms with Crippen molar-refractivity contribution in [2.45, 2.75) is 38.5 Å². The number of hydrogen-bond acceptors (Lipinski definition) is 2. The van der Waals surface area contributed by atoms with Crippen molar-refractivity contribution in [1.82, 2.24) is 4.98 Å². The van der Waals surface area contributed by atoms with Crippen LogP contribution in [0.15, 0.2) is 36.7 Å². The van der Waals surface area contributed by atoms with Crippen LogP contribution in [-0.2, 0) is 0 Å². The molecule has 1 aliphatic heterocycles. The van der Waals surface area contributed by atoms with Gasteiger partial charge in [-0.3, -0.25) is 4.98 Å². The molecule has 2 aliphatic rings. The number of hydrogen-bond donors (Lipinski definition) is 0. The van der Waals surface area contributed by atoms with E-state index in [1.54, 1.807) is 0 Å². The molecular weight excluding hydrogens is 244 g/mol. The molecule has 104 valence electrons. The van der Waals surface area contributed by atoms with Crippen LogP contribution in [0.4, 0.5) is 5.69 Å². The van der Waals surface area contributed by atoms with Crippen LogP contribution in [0.25, 0.3) is 10.8 Å². The van der Waals surface area contributed by atoms with E-state index in [-0.39, 0.29) is 0 Å². The first-order valence-corrected chi connectivity index (χ1v) is 7.94. The minimum absolute atomic E-state index is 0.689. The lowest BCUT2D eigenvalue weighted by Gasteiger charge is -2.40. The Morgan fingerprint density at radius 1 is 0.900 bits per heavy atom. The van der Waals surface area contributed by atoms with Gasteiger partial charge in [0.2, 0.25) is 0 Å². The van der Waals surface area contributed by atoms with Crippen molar-refractivity contribution < 1.29 is 0 Å². The van der Waals surface area contributed by atoms with Crippen LogP contribution in [0.2, 0.25) is 0 Å². The summed E-state index contributed by atoms with van der Waals surface area (Å²) in [5.41, 5.74) is 2.02. The van der Waals surface area contributed by atoms with Gasteiger partial charge < -0.3 is 4.90 Å². The second-order valence-corrected chi connectivity index (χ2v) is 6.57. The normalized spacial score (nSPS) is 21.7. The van der Waals surface area contributed by atoms with Crippen molar-refractivity contribution in [2.24, 2.45) is 5.41 Å². The molecule has 1 aromatic heterocycles. The van der Waals surface area contributed by atoms with Gasteiger partial charge in [-0.2, -0.15) is 0 Å². The molecule has 1 spiro atoms. The van der Waals surface area contributed by atoms with Crippen LogP contribution in [0.1, 0.15) is 38.5 Å². The van der Waals surface area contributed by atoms with Crippen LogP contribution in [0, 0.1) is 5.41 Å². The third kappa shape index (κ3) is 1.98. The maximum atomic E-state index is 4.44. The Kier molecular flexibility index (Phi) is 2.90. The fourth-order valence-corrected chi connectivity index (χ4v) is 4.20. The van der Waals surface area contributed by atoms with Gasteiger partial charge in [0.1, 0.15) is 0 Å². The monoisotopic (exact) mass is 266 g/mol. The first-order valence-electron chi connectivity index (χ1n) is 7.94. The van der Waals surface area contributed by atoms with E-state index in [2.05, 4.69) is 40.3 Å². The maximum absolute atomic E-state index is 4.44. The summed E-state index contributed by atoms with van der Waals surface area (Å²) in [4.78, 5) is 6.99. The van der Waals surface area contributed by atoms with Gasteiger partial charge in [0, 0.05) is 30.1 Å². The first-order chi connectivity index (χ1) is 9.86. The molecule has 4 rings (SSSR count). The summed E-state index contributed by atoms with van der Waals surface area (Å²) in [6.45, 7) is 2.41. The number of nitrogens with zero attached hydrogens (tertiary/aromatic N) is 2. The van der Waals surface area contributed by atoms with Gasteiger partial charge in [0.25, 0.3) is 0 Å². The Morgan fingerprint density at radius 2 is 1.65 bits per heavy atom. The summed E-state index contributed by atoms with van der Waals surface area (Å²) in [5, 5.41) is 2.61. The van der Waals surface area contributed by atoms with Gasteiger partial charge in [-0.15, -0.1) is 0 Å². The lowest BCUT2D eigenvalue weighted by molar-refractivity contribution is 0.227. The summed E-state index contributed by atoms with van der Waals surface area (Å²) in [6.07, 6.45) is 12.6. The predicted molar refractivity (Wildman–Crippen MR) is 84.1 cm³/mol. The molecular formula is C18H22N2.